The molecule has 0 aliphatic heterocycles. The van der Waals surface area contributed by atoms with Crippen LogP contribution in [0.5, 0.6) is 0 Å². The van der Waals surface area contributed by atoms with E-state index in [0.29, 0.717) is 18.8 Å². The van der Waals surface area contributed by atoms with E-state index < -0.39 is 0 Å². The number of hydrazine groups is 1. The predicted octanol–water partition coefficient (Wildman–Crippen LogP) is 1.38. The van der Waals surface area contributed by atoms with Gasteiger partial charge < -0.3 is 4.74 Å². The molecule has 0 saturated heterocycles. The van der Waals surface area contributed by atoms with Gasteiger partial charge in [-0.25, -0.2) is 5.84 Å². The zero-order valence-electron chi connectivity index (χ0n) is 9.11. The zero-order chi connectivity index (χ0) is 11.8. The summed E-state index contributed by atoms with van der Waals surface area (Å²) in [5.41, 5.74) is 3.49. The van der Waals surface area contributed by atoms with Gasteiger partial charge in [0.15, 0.2) is 0 Å². The van der Waals surface area contributed by atoms with Crippen LogP contribution in [0.25, 0.3) is 0 Å². The van der Waals surface area contributed by atoms with Crippen LogP contribution in [0.4, 0.5) is 0 Å². The Labute approximate surface area is 95.1 Å². The Bertz CT molecular complexity index is 364. The first-order valence-corrected chi connectivity index (χ1v) is 5.07. The van der Waals surface area contributed by atoms with Crippen LogP contribution < -0.4 is 11.3 Å². The molecule has 0 fully saturated rings. The molecular formula is C12H16N2O2. The molecule has 3 N–H and O–H groups in total. The van der Waals surface area contributed by atoms with Crippen molar-refractivity contribution in [2.24, 2.45) is 5.84 Å². The molecule has 0 radical (unpaired) electrons. The van der Waals surface area contributed by atoms with E-state index in [1.807, 2.05) is 12.1 Å². The van der Waals surface area contributed by atoms with E-state index in [1.165, 1.54) is 0 Å². The summed E-state index contributed by atoms with van der Waals surface area (Å²) in [5, 5.41) is 0. The first-order valence-electron chi connectivity index (χ1n) is 5.07. The van der Waals surface area contributed by atoms with Gasteiger partial charge in [-0.15, -0.1) is 6.58 Å². The Morgan fingerprint density at radius 3 is 2.94 bits per heavy atom. The fraction of sp³-hybridized carbons (Fsp3) is 0.250. The molecule has 16 heavy (non-hydrogen) atoms. The van der Waals surface area contributed by atoms with Gasteiger partial charge in [-0.1, -0.05) is 24.3 Å². The molecule has 1 aromatic rings. The molecule has 0 aromatic heterocycles. The van der Waals surface area contributed by atoms with Crippen LogP contribution in [0, 0.1) is 0 Å². The monoisotopic (exact) mass is 220 g/mol. The van der Waals surface area contributed by atoms with E-state index in [-0.39, 0.29) is 5.91 Å². The molecule has 0 bridgehead atoms. The topological polar surface area (TPSA) is 64.3 Å². The van der Waals surface area contributed by atoms with Crippen molar-refractivity contribution in [3.05, 3.63) is 48.0 Å². The van der Waals surface area contributed by atoms with Gasteiger partial charge in [-0.05, 0) is 18.1 Å². The van der Waals surface area contributed by atoms with E-state index in [1.54, 1.807) is 18.2 Å². The molecule has 0 aliphatic carbocycles. The first kappa shape index (κ1) is 12.4. The van der Waals surface area contributed by atoms with Crippen LogP contribution in [0.1, 0.15) is 22.3 Å². The molecule has 4 heteroatoms. The summed E-state index contributed by atoms with van der Waals surface area (Å²) in [5.74, 6) is 4.79. The molecule has 1 amide bonds. The molecule has 0 spiro atoms. The average Bonchev–Trinajstić information content (AvgIpc) is 2.34. The minimum absolute atomic E-state index is 0.303. The van der Waals surface area contributed by atoms with Crippen LogP contribution in [0.15, 0.2) is 36.9 Å². The third-order valence-electron chi connectivity index (χ3n) is 2.12. The number of hydrogen-bond acceptors (Lipinski definition) is 3. The second kappa shape index (κ2) is 6.76. The highest BCUT2D eigenvalue weighted by Gasteiger charge is 2.08. The SMILES string of the molecule is C=CCCOCc1ccccc1C(=O)NN. The second-order valence-corrected chi connectivity index (χ2v) is 3.26. The summed E-state index contributed by atoms with van der Waals surface area (Å²) in [7, 11) is 0. The predicted molar refractivity (Wildman–Crippen MR) is 62.6 cm³/mol. The quantitative estimate of drug-likeness (QED) is 0.250. The van der Waals surface area contributed by atoms with Gasteiger partial charge in [0.1, 0.15) is 0 Å². The summed E-state index contributed by atoms with van der Waals surface area (Å²) in [6, 6.07) is 7.21. The molecule has 0 saturated carbocycles. The average molecular weight is 220 g/mol. The van der Waals surface area contributed by atoms with E-state index >= 15 is 0 Å². The van der Waals surface area contributed by atoms with E-state index in [0.717, 1.165) is 12.0 Å². The van der Waals surface area contributed by atoms with Crippen molar-refractivity contribution in [2.45, 2.75) is 13.0 Å². The number of carbonyl (C=O) groups excluding carboxylic acids is 1. The number of nitrogens with one attached hydrogen (secondary N) is 1. The molecule has 1 rings (SSSR count). The zero-order valence-corrected chi connectivity index (χ0v) is 9.11. The van der Waals surface area contributed by atoms with Crippen LogP contribution in [0.2, 0.25) is 0 Å². The normalized spacial score (nSPS) is 9.81. The lowest BCUT2D eigenvalue weighted by atomic mass is 10.1. The highest BCUT2D eigenvalue weighted by molar-refractivity contribution is 5.95. The molecule has 1 aromatic carbocycles. The number of rotatable bonds is 6. The standard InChI is InChI=1S/C12H16N2O2/c1-2-3-8-16-9-10-6-4-5-7-11(10)12(15)14-13/h2,4-7H,1,3,8-9,13H2,(H,14,15). The summed E-state index contributed by atoms with van der Waals surface area (Å²) in [4.78, 5) is 11.4. The Kier molecular flexibility index (Phi) is 5.25. The van der Waals surface area contributed by atoms with Crippen LogP contribution in [0.3, 0.4) is 0 Å². The lowest BCUT2D eigenvalue weighted by Crippen LogP contribution is -2.30. The largest absolute Gasteiger partial charge is 0.376 e. The lowest BCUT2D eigenvalue weighted by Gasteiger charge is -2.08. The van der Waals surface area contributed by atoms with Crippen LogP contribution in [-0.2, 0) is 11.3 Å². The third kappa shape index (κ3) is 3.49. The smallest absolute Gasteiger partial charge is 0.265 e. The Balaban J connectivity index is 2.64. The van der Waals surface area contributed by atoms with Crippen molar-refractivity contribution in [1.29, 1.82) is 0 Å². The van der Waals surface area contributed by atoms with Crippen molar-refractivity contribution < 1.29 is 9.53 Å². The molecule has 0 unspecified atom stereocenters. The Morgan fingerprint density at radius 1 is 1.50 bits per heavy atom. The summed E-state index contributed by atoms with van der Waals surface area (Å²) in [6.07, 6.45) is 2.59. The Morgan fingerprint density at radius 2 is 2.25 bits per heavy atom. The van der Waals surface area contributed by atoms with Gasteiger partial charge in [0.2, 0.25) is 0 Å². The number of hydrogen-bond donors (Lipinski definition) is 2. The van der Waals surface area contributed by atoms with E-state index in [9.17, 15) is 4.79 Å². The van der Waals surface area contributed by atoms with Crippen molar-refractivity contribution >= 4 is 5.91 Å². The highest BCUT2D eigenvalue weighted by atomic mass is 16.5. The van der Waals surface area contributed by atoms with Crippen molar-refractivity contribution in [1.82, 2.24) is 5.43 Å². The van der Waals surface area contributed by atoms with Gasteiger partial charge in [0, 0.05) is 5.56 Å². The number of carbonyl (C=O) groups is 1. The minimum Gasteiger partial charge on any atom is -0.376 e. The number of ether oxygens (including phenoxy) is 1. The number of nitrogens with two attached hydrogens (primary N) is 1. The maximum atomic E-state index is 11.4. The first-order chi connectivity index (χ1) is 7.79. The van der Waals surface area contributed by atoms with Crippen LogP contribution >= 0.6 is 0 Å². The van der Waals surface area contributed by atoms with Gasteiger partial charge >= 0.3 is 0 Å². The maximum Gasteiger partial charge on any atom is 0.265 e. The fourth-order valence-electron chi connectivity index (χ4n) is 1.29. The fourth-order valence-corrected chi connectivity index (χ4v) is 1.29. The van der Waals surface area contributed by atoms with E-state index in [2.05, 4.69) is 12.0 Å². The Hall–Kier alpha value is -1.65. The van der Waals surface area contributed by atoms with Crippen molar-refractivity contribution in [3.8, 4) is 0 Å². The van der Waals surface area contributed by atoms with E-state index in [4.69, 9.17) is 10.6 Å². The molecule has 0 heterocycles. The van der Waals surface area contributed by atoms with Crippen molar-refractivity contribution in [3.63, 3.8) is 0 Å². The maximum absolute atomic E-state index is 11.4. The molecule has 86 valence electrons. The summed E-state index contributed by atoms with van der Waals surface area (Å²) >= 11 is 0. The summed E-state index contributed by atoms with van der Waals surface area (Å²) < 4.78 is 5.40. The van der Waals surface area contributed by atoms with Gasteiger partial charge in [0.25, 0.3) is 5.91 Å². The van der Waals surface area contributed by atoms with Crippen molar-refractivity contribution in [2.75, 3.05) is 6.61 Å². The summed E-state index contributed by atoms with van der Waals surface area (Å²) in [6.45, 7) is 4.60. The minimum atomic E-state index is -0.303. The third-order valence-corrected chi connectivity index (χ3v) is 2.12. The van der Waals surface area contributed by atoms with Gasteiger partial charge in [-0.3, -0.25) is 10.2 Å². The lowest BCUT2D eigenvalue weighted by molar-refractivity contribution is 0.0941. The van der Waals surface area contributed by atoms with Gasteiger partial charge in [0.05, 0.1) is 13.2 Å². The molecule has 0 atom stereocenters. The number of benzene rings is 1. The molecule has 0 aliphatic rings. The second-order valence-electron chi connectivity index (χ2n) is 3.26. The molecular weight excluding hydrogens is 204 g/mol. The highest BCUT2D eigenvalue weighted by Crippen LogP contribution is 2.09. The van der Waals surface area contributed by atoms with Crippen LogP contribution in [-0.4, -0.2) is 12.5 Å². The number of amides is 1. The van der Waals surface area contributed by atoms with Gasteiger partial charge in [-0.2, -0.15) is 0 Å². The molecule has 4 nitrogen and oxygen atoms in total. The number of nitrogen functional groups attached to an aromatic ring is 1.